The number of carbonyl (C=O) groups excluding carboxylic acids is 2. The maximum absolute atomic E-state index is 12.9. The summed E-state index contributed by atoms with van der Waals surface area (Å²) in [4.78, 5) is 24.6. The fourth-order valence-corrected chi connectivity index (χ4v) is 2.26. The molecule has 2 rings (SSSR count). The molecule has 0 aromatic heterocycles. The summed E-state index contributed by atoms with van der Waals surface area (Å²) in [5, 5.41) is 5.43. The van der Waals surface area contributed by atoms with Gasteiger partial charge in [-0.25, -0.2) is 9.18 Å². The molecule has 0 radical (unpaired) electrons. The Morgan fingerprint density at radius 1 is 1.15 bits per heavy atom. The van der Waals surface area contributed by atoms with Gasteiger partial charge in [-0.3, -0.25) is 4.79 Å². The van der Waals surface area contributed by atoms with Crippen LogP contribution in [0.4, 0.5) is 14.9 Å². The number of rotatable bonds is 7. The molecule has 0 unspecified atom stereocenters. The van der Waals surface area contributed by atoms with Gasteiger partial charge in [0.15, 0.2) is 0 Å². The van der Waals surface area contributed by atoms with Crippen molar-refractivity contribution in [3.05, 3.63) is 59.9 Å². The van der Waals surface area contributed by atoms with Gasteiger partial charge in [0.25, 0.3) is 0 Å². The van der Waals surface area contributed by atoms with E-state index in [-0.39, 0.29) is 17.8 Å². The zero-order valence-corrected chi connectivity index (χ0v) is 14.8. The van der Waals surface area contributed by atoms with Gasteiger partial charge in [-0.1, -0.05) is 18.2 Å². The lowest BCUT2D eigenvalue weighted by molar-refractivity contribution is -0.114. The van der Waals surface area contributed by atoms with Gasteiger partial charge in [-0.2, -0.15) is 0 Å². The van der Waals surface area contributed by atoms with Gasteiger partial charge in [0.2, 0.25) is 5.91 Å². The molecule has 0 atom stereocenters. The van der Waals surface area contributed by atoms with Crippen LogP contribution in [0.25, 0.3) is 0 Å². The average molecular weight is 359 g/mol. The lowest BCUT2D eigenvalue weighted by atomic mass is 10.2. The van der Waals surface area contributed by atoms with Crippen LogP contribution in [0.2, 0.25) is 0 Å². The van der Waals surface area contributed by atoms with Crippen LogP contribution in [0.3, 0.4) is 0 Å². The Morgan fingerprint density at radius 3 is 2.58 bits per heavy atom. The largest absolute Gasteiger partial charge is 0.492 e. The second kappa shape index (κ2) is 9.41. The third-order valence-corrected chi connectivity index (χ3v) is 3.48. The van der Waals surface area contributed by atoms with Gasteiger partial charge in [0, 0.05) is 32.3 Å². The monoisotopic (exact) mass is 359 g/mol. The summed E-state index contributed by atoms with van der Waals surface area (Å²) in [6.07, 6.45) is 0. The van der Waals surface area contributed by atoms with Crippen molar-refractivity contribution in [2.45, 2.75) is 13.5 Å². The maximum atomic E-state index is 12.9. The molecule has 0 saturated heterocycles. The number of benzene rings is 2. The second-order valence-corrected chi connectivity index (χ2v) is 5.77. The molecule has 6 nitrogen and oxygen atoms in total. The van der Waals surface area contributed by atoms with Gasteiger partial charge in [0.05, 0.1) is 6.54 Å². The minimum absolute atomic E-state index is 0.154. The van der Waals surface area contributed by atoms with Crippen molar-refractivity contribution in [1.29, 1.82) is 0 Å². The van der Waals surface area contributed by atoms with Crippen LogP contribution in [-0.2, 0) is 11.3 Å². The lowest BCUT2D eigenvalue weighted by Gasteiger charge is -2.18. The number of carbonyl (C=O) groups is 2. The number of hydrogen-bond acceptors (Lipinski definition) is 3. The van der Waals surface area contributed by atoms with E-state index in [9.17, 15) is 14.0 Å². The van der Waals surface area contributed by atoms with Crippen molar-refractivity contribution in [1.82, 2.24) is 10.2 Å². The van der Waals surface area contributed by atoms with E-state index in [0.717, 1.165) is 5.56 Å². The quantitative estimate of drug-likeness (QED) is 0.747. The van der Waals surface area contributed by atoms with Crippen molar-refractivity contribution in [2.75, 3.05) is 25.5 Å². The lowest BCUT2D eigenvalue weighted by Crippen LogP contribution is -2.38. The molecular formula is C19H22FN3O3. The third kappa shape index (κ3) is 6.43. The molecule has 0 saturated carbocycles. The van der Waals surface area contributed by atoms with Crippen LogP contribution in [-0.4, -0.2) is 37.0 Å². The second-order valence-electron chi connectivity index (χ2n) is 5.77. The Balaban J connectivity index is 1.72. The van der Waals surface area contributed by atoms with Crippen molar-refractivity contribution >= 4 is 17.6 Å². The molecule has 0 bridgehead atoms. The van der Waals surface area contributed by atoms with Gasteiger partial charge in [-0.05, 0) is 29.8 Å². The van der Waals surface area contributed by atoms with Crippen LogP contribution in [0.15, 0.2) is 48.5 Å². The topological polar surface area (TPSA) is 70.7 Å². The predicted molar refractivity (Wildman–Crippen MR) is 97.5 cm³/mol. The van der Waals surface area contributed by atoms with Crippen LogP contribution < -0.4 is 15.4 Å². The number of hydrogen-bond donors (Lipinski definition) is 2. The molecular weight excluding hydrogens is 337 g/mol. The van der Waals surface area contributed by atoms with E-state index in [2.05, 4.69) is 10.6 Å². The van der Waals surface area contributed by atoms with Crippen molar-refractivity contribution in [3.8, 4) is 5.75 Å². The predicted octanol–water partition coefficient (Wildman–Crippen LogP) is 3.00. The summed E-state index contributed by atoms with van der Waals surface area (Å²) in [5.74, 6) is 0.143. The summed E-state index contributed by atoms with van der Waals surface area (Å²) >= 11 is 0. The average Bonchev–Trinajstić information content (AvgIpc) is 2.60. The van der Waals surface area contributed by atoms with E-state index < -0.39 is 0 Å². The summed E-state index contributed by atoms with van der Waals surface area (Å²) in [6.45, 7) is 2.44. The van der Waals surface area contributed by atoms with Crippen LogP contribution in [0.5, 0.6) is 5.75 Å². The molecule has 0 aliphatic heterocycles. The third-order valence-electron chi connectivity index (χ3n) is 3.48. The molecule has 0 fully saturated rings. The molecule has 0 aliphatic rings. The van der Waals surface area contributed by atoms with E-state index in [1.54, 1.807) is 43.4 Å². The summed E-state index contributed by atoms with van der Waals surface area (Å²) in [6, 6.07) is 12.8. The van der Waals surface area contributed by atoms with E-state index >= 15 is 0 Å². The molecule has 7 heteroatoms. The van der Waals surface area contributed by atoms with E-state index in [0.29, 0.717) is 31.1 Å². The Kier molecular flexibility index (Phi) is 6.96. The van der Waals surface area contributed by atoms with Gasteiger partial charge in [0.1, 0.15) is 18.2 Å². The van der Waals surface area contributed by atoms with E-state index in [1.807, 2.05) is 0 Å². The first-order valence-corrected chi connectivity index (χ1v) is 8.18. The Labute approximate surface area is 152 Å². The smallest absolute Gasteiger partial charge is 0.317 e. The summed E-state index contributed by atoms with van der Waals surface area (Å²) < 4.78 is 18.5. The van der Waals surface area contributed by atoms with Crippen LogP contribution in [0, 0.1) is 5.82 Å². The number of nitrogens with zero attached hydrogens (tertiary/aromatic N) is 1. The minimum atomic E-state index is -0.305. The number of amides is 3. The fraction of sp³-hybridized carbons (Fsp3) is 0.263. The Hall–Kier alpha value is -3.09. The number of halogens is 1. The highest BCUT2D eigenvalue weighted by Crippen LogP contribution is 2.17. The molecule has 2 N–H and O–H groups in total. The maximum Gasteiger partial charge on any atom is 0.317 e. The normalized spacial score (nSPS) is 10.1. The van der Waals surface area contributed by atoms with Crippen molar-refractivity contribution in [3.63, 3.8) is 0 Å². The first-order chi connectivity index (χ1) is 12.4. The van der Waals surface area contributed by atoms with E-state index in [4.69, 9.17) is 4.74 Å². The molecule has 0 spiro atoms. The molecule has 2 aromatic rings. The summed E-state index contributed by atoms with van der Waals surface area (Å²) in [7, 11) is 1.66. The Bertz CT molecular complexity index is 750. The zero-order chi connectivity index (χ0) is 18.9. The number of urea groups is 1. The highest BCUT2D eigenvalue weighted by Gasteiger charge is 2.08. The molecule has 2 aromatic carbocycles. The first kappa shape index (κ1) is 19.2. The number of anilines is 1. The SMILES string of the molecule is CC(=O)Nc1cccc(OCCNC(=O)N(C)Cc2ccc(F)cc2)c1. The number of nitrogens with one attached hydrogen (secondary N) is 2. The molecule has 138 valence electrons. The van der Waals surface area contributed by atoms with Crippen LogP contribution in [0.1, 0.15) is 12.5 Å². The molecule has 0 heterocycles. The summed E-state index contributed by atoms with van der Waals surface area (Å²) in [5.41, 5.74) is 1.49. The van der Waals surface area contributed by atoms with Crippen molar-refractivity contribution in [2.24, 2.45) is 0 Å². The Morgan fingerprint density at radius 2 is 1.88 bits per heavy atom. The van der Waals surface area contributed by atoms with Gasteiger partial charge in [-0.15, -0.1) is 0 Å². The molecule has 3 amide bonds. The van der Waals surface area contributed by atoms with Gasteiger partial charge >= 0.3 is 6.03 Å². The minimum Gasteiger partial charge on any atom is -0.492 e. The zero-order valence-electron chi connectivity index (χ0n) is 14.8. The first-order valence-electron chi connectivity index (χ1n) is 8.18. The fourth-order valence-electron chi connectivity index (χ4n) is 2.26. The molecule has 26 heavy (non-hydrogen) atoms. The molecule has 0 aliphatic carbocycles. The van der Waals surface area contributed by atoms with Gasteiger partial charge < -0.3 is 20.3 Å². The standard InChI is InChI=1S/C19H22FN3O3/c1-14(24)22-17-4-3-5-18(12-17)26-11-10-21-19(25)23(2)13-15-6-8-16(20)9-7-15/h3-9,12H,10-11,13H2,1-2H3,(H,21,25)(H,22,24). The van der Waals surface area contributed by atoms with Crippen LogP contribution >= 0.6 is 0 Å². The highest BCUT2D eigenvalue weighted by molar-refractivity contribution is 5.88. The van der Waals surface area contributed by atoms with Crippen molar-refractivity contribution < 1.29 is 18.7 Å². The van der Waals surface area contributed by atoms with E-state index in [1.165, 1.54) is 24.0 Å². The number of ether oxygens (including phenoxy) is 1. The highest BCUT2D eigenvalue weighted by atomic mass is 19.1.